The van der Waals surface area contributed by atoms with Crippen molar-refractivity contribution in [1.29, 1.82) is 0 Å². The van der Waals surface area contributed by atoms with Gasteiger partial charge in [0.15, 0.2) is 0 Å². The number of para-hydroxylation sites is 4. The van der Waals surface area contributed by atoms with Crippen LogP contribution in [0.15, 0.2) is 152 Å². The predicted molar refractivity (Wildman–Crippen MR) is 194 cm³/mol. The molecule has 7 aromatic carbocycles. The number of rotatable bonds is 4. The third-order valence-electron chi connectivity index (χ3n) is 9.54. The summed E-state index contributed by atoms with van der Waals surface area (Å²) in [5.74, 6) is 1.81. The Hall–Kier alpha value is -5.74. The molecule has 0 N–H and O–H groups in total. The maximum Gasteiger partial charge on any atom is 0.257 e. The molecular formula is C42H31BN2O. The van der Waals surface area contributed by atoms with Gasteiger partial charge in [-0.3, -0.25) is 0 Å². The Bertz CT molecular complexity index is 2240. The third-order valence-corrected chi connectivity index (χ3v) is 9.54. The van der Waals surface area contributed by atoms with Crippen LogP contribution in [0.3, 0.4) is 0 Å². The molecule has 0 saturated heterocycles. The summed E-state index contributed by atoms with van der Waals surface area (Å²) in [7, 11) is 0. The Morgan fingerprint density at radius 3 is 1.87 bits per heavy atom. The van der Waals surface area contributed by atoms with Gasteiger partial charge in [0.25, 0.3) is 6.71 Å². The lowest BCUT2D eigenvalue weighted by Gasteiger charge is -2.41. The smallest absolute Gasteiger partial charge is 0.257 e. The molecule has 0 fully saturated rings. The highest BCUT2D eigenvalue weighted by atomic mass is 16.5. The lowest BCUT2D eigenvalue weighted by Crippen LogP contribution is -2.60. The van der Waals surface area contributed by atoms with Gasteiger partial charge in [0.1, 0.15) is 11.5 Å². The summed E-state index contributed by atoms with van der Waals surface area (Å²) in [6, 6.07) is 54.2. The number of nitrogens with zero attached hydrogens (tertiary/aromatic N) is 2. The first-order valence-corrected chi connectivity index (χ1v) is 15.9. The van der Waals surface area contributed by atoms with Crippen LogP contribution in [0.25, 0.3) is 10.8 Å². The van der Waals surface area contributed by atoms with Crippen LogP contribution in [0.1, 0.15) is 11.1 Å². The molecule has 0 aliphatic carbocycles. The van der Waals surface area contributed by atoms with Crippen molar-refractivity contribution < 1.29 is 4.74 Å². The number of anilines is 6. The maximum absolute atomic E-state index is 7.00. The minimum Gasteiger partial charge on any atom is -0.458 e. The van der Waals surface area contributed by atoms with E-state index in [1.54, 1.807) is 0 Å². The molecule has 218 valence electrons. The van der Waals surface area contributed by atoms with Gasteiger partial charge in [-0.15, -0.1) is 0 Å². The summed E-state index contributed by atoms with van der Waals surface area (Å²) >= 11 is 0. The van der Waals surface area contributed by atoms with E-state index in [0.717, 1.165) is 28.6 Å². The Labute approximate surface area is 270 Å². The molecule has 2 heterocycles. The second-order valence-electron chi connectivity index (χ2n) is 12.2. The van der Waals surface area contributed by atoms with Gasteiger partial charge in [-0.05, 0) is 89.2 Å². The zero-order valence-electron chi connectivity index (χ0n) is 25.8. The third kappa shape index (κ3) is 3.93. The van der Waals surface area contributed by atoms with Crippen LogP contribution < -0.4 is 30.9 Å². The molecule has 0 spiro atoms. The summed E-state index contributed by atoms with van der Waals surface area (Å²) in [5, 5.41) is 2.39. The van der Waals surface area contributed by atoms with E-state index in [0.29, 0.717) is 0 Å². The van der Waals surface area contributed by atoms with Gasteiger partial charge in [-0.2, -0.15) is 0 Å². The van der Waals surface area contributed by atoms with Gasteiger partial charge in [-0.1, -0.05) is 103 Å². The fourth-order valence-corrected chi connectivity index (χ4v) is 7.59. The molecule has 0 saturated carbocycles. The molecule has 2 aliphatic rings. The summed E-state index contributed by atoms with van der Waals surface area (Å²) in [6.07, 6.45) is 0. The maximum atomic E-state index is 7.00. The largest absolute Gasteiger partial charge is 0.458 e. The van der Waals surface area contributed by atoms with E-state index in [1.807, 2.05) is 0 Å². The average molecular weight is 591 g/mol. The summed E-state index contributed by atoms with van der Waals surface area (Å²) in [4.78, 5) is 4.80. The van der Waals surface area contributed by atoms with Crippen LogP contribution >= 0.6 is 0 Å². The molecular weight excluding hydrogens is 559 g/mol. The summed E-state index contributed by atoms with van der Waals surface area (Å²) in [6.45, 7) is 4.45. The minimum absolute atomic E-state index is 0.0194. The van der Waals surface area contributed by atoms with Gasteiger partial charge in [0.05, 0.1) is 5.69 Å². The summed E-state index contributed by atoms with van der Waals surface area (Å²) in [5.41, 5.74) is 13.1. The van der Waals surface area contributed by atoms with E-state index >= 15 is 0 Å². The van der Waals surface area contributed by atoms with Crippen molar-refractivity contribution in [1.82, 2.24) is 0 Å². The van der Waals surface area contributed by atoms with Crippen molar-refractivity contribution in [2.45, 2.75) is 13.8 Å². The fourth-order valence-electron chi connectivity index (χ4n) is 7.59. The topological polar surface area (TPSA) is 15.7 Å². The molecule has 9 rings (SSSR count). The number of fused-ring (bicyclic) bond motifs is 6. The van der Waals surface area contributed by atoms with Gasteiger partial charge in [0, 0.05) is 39.9 Å². The minimum atomic E-state index is 0.0194. The Balaban J connectivity index is 1.35. The van der Waals surface area contributed by atoms with Crippen LogP contribution in [-0.2, 0) is 0 Å². The quantitative estimate of drug-likeness (QED) is 0.190. The van der Waals surface area contributed by atoms with Crippen molar-refractivity contribution in [2.24, 2.45) is 0 Å². The van der Waals surface area contributed by atoms with E-state index < -0.39 is 0 Å². The number of hydrogen-bond acceptors (Lipinski definition) is 3. The Morgan fingerprint density at radius 1 is 0.522 bits per heavy atom. The highest BCUT2D eigenvalue weighted by Crippen LogP contribution is 2.46. The molecule has 0 bridgehead atoms. The van der Waals surface area contributed by atoms with Gasteiger partial charge < -0.3 is 14.5 Å². The van der Waals surface area contributed by atoms with E-state index in [9.17, 15) is 0 Å². The first-order chi connectivity index (χ1) is 22.7. The van der Waals surface area contributed by atoms with E-state index in [-0.39, 0.29) is 6.71 Å². The van der Waals surface area contributed by atoms with Crippen molar-refractivity contribution in [2.75, 3.05) is 9.80 Å². The predicted octanol–water partition coefficient (Wildman–Crippen LogP) is 9.33. The molecule has 0 aromatic heterocycles. The zero-order chi connectivity index (χ0) is 30.8. The average Bonchev–Trinajstić information content (AvgIpc) is 3.10. The molecule has 0 amide bonds. The van der Waals surface area contributed by atoms with Gasteiger partial charge >= 0.3 is 0 Å². The Morgan fingerprint density at radius 2 is 1.13 bits per heavy atom. The monoisotopic (exact) mass is 590 g/mol. The molecule has 46 heavy (non-hydrogen) atoms. The molecule has 0 unspecified atom stereocenters. The number of ether oxygens (including phenoxy) is 1. The van der Waals surface area contributed by atoms with Crippen LogP contribution in [0, 0.1) is 13.8 Å². The van der Waals surface area contributed by atoms with Crippen molar-refractivity contribution in [3.63, 3.8) is 0 Å². The summed E-state index contributed by atoms with van der Waals surface area (Å²) < 4.78 is 7.00. The standard InChI is InChI=1S/C42H31BN2O/c1-28-15-9-12-24-35(28)45-36-25-14-26-38-41(36)43(34-23-13-16-29(2)42(34)45)40-33-22-11-10-21-32(33)37(27-39(40)46-38)44(30-17-5-3-6-18-30)31-19-7-4-8-20-31/h3-27H,1-2H3. The molecule has 0 radical (unpaired) electrons. The first-order valence-electron chi connectivity index (χ1n) is 15.9. The van der Waals surface area contributed by atoms with Gasteiger partial charge in [-0.25, -0.2) is 0 Å². The number of aryl methyl sites for hydroxylation is 2. The molecule has 4 heteroatoms. The molecule has 0 atom stereocenters. The van der Waals surface area contributed by atoms with Crippen LogP contribution in [-0.4, -0.2) is 6.71 Å². The molecule has 2 aliphatic heterocycles. The van der Waals surface area contributed by atoms with Crippen LogP contribution in [0.5, 0.6) is 11.5 Å². The van der Waals surface area contributed by atoms with Crippen molar-refractivity contribution >= 4 is 68.0 Å². The number of hydrogen-bond donors (Lipinski definition) is 0. The van der Waals surface area contributed by atoms with Crippen LogP contribution in [0.4, 0.5) is 34.1 Å². The lowest BCUT2D eigenvalue weighted by molar-refractivity contribution is 0.488. The van der Waals surface area contributed by atoms with E-state index in [1.165, 1.54) is 55.3 Å². The fraction of sp³-hybridized carbons (Fsp3) is 0.0476. The second kappa shape index (κ2) is 10.4. The molecule has 7 aromatic rings. The molecule has 3 nitrogen and oxygen atoms in total. The first kappa shape index (κ1) is 26.6. The van der Waals surface area contributed by atoms with Crippen molar-refractivity contribution in [3.8, 4) is 11.5 Å². The van der Waals surface area contributed by atoms with Crippen LogP contribution in [0.2, 0.25) is 0 Å². The van der Waals surface area contributed by atoms with Crippen molar-refractivity contribution in [3.05, 3.63) is 163 Å². The van der Waals surface area contributed by atoms with E-state index in [4.69, 9.17) is 4.74 Å². The SMILES string of the molecule is Cc1ccccc1N1c2cccc3c2B(c2cccc(C)c21)c1c(cc(N(c2ccccc2)c2ccccc2)c2ccccc12)O3. The Kier molecular flexibility index (Phi) is 6.04. The number of benzene rings is 7. The van der Waals surface area contributed by atoms with Gasteiger partial charge in [0.2, 0.25) is 0 Å². The highest BCUT2D eigenvalue weighted by molar-refractivity contribution is 7.00. The van der Waals surface area contributed by atoms with E-state index in [2.05, 4.69) is 175 Å². The lowest BCUT2D eigenvalue weighted by atomic mass is 9.33. The highest BCUT2D eigenvalue weighted by Gasteiger charge is 2.43. The zero-order valence-corrected chi connectivity index (χ0v) is 25.8. The second-order valence-corrected chi connectivity index (χ2v) is 12.2. The normalized spacial score (nSPS) is 12.7.